The first-order chi connectivity index (χ1) is 12.1. The molecule has 1 aromatic carbocycles. The summed E-state index contributed by atoms with van der Waals surface area (Å²) < 4.78 is 67.6. The van der Waals surface area contributed by atoms with Gasteiger partial charge in [0.1, 0.15) is 11.6 Å². The van der Waals surface area contributed by atoms with E-state index in [1.807, 2.05) is 0 Å². The molecule has 1 aliphatic heterocycles. The highest BCUT2D eigenvalue weighted by Crippen LogP contribution is 2.32. The minimum Gasteiger partial charge on any atom is -0.337 e. The van der Waals surface area contributed by atoms with Crippen molar-refractivity contribution in [2.75, 3.05) is 18.8 Å². The van der Waals surface area contributed by atoms with Crippen molar-refractivity contribution in [3.05, 3.63) is 47.7 Å². The van der Waals surface area contributed by atoms with Crippen molar-refractivity contribution in [3.8, 4) is 0 Å². The van der Waals surface area contributed by atoms with E-state index < -0.39 is 30.9 Å². The van der Waals surface area contributed by atoms with E-state index in [-0.39, 0.29) is 35.9 Å². The van der Waals surface area contributed by atoms with E-state index in [0.29, 0.717) is 5.82 Å². The highest BCUT2D eigenvalue weighted by molar-refractivity contribution is 7.92. The van der Waals surface area contributed by atoms with Gasteiger partial charge in [-0.25, -0.2) is 26.2 Å². The van der Waals surface area contributed by atoms with Crippen LogP contribution in [0, 0.1) is 12.7 Å². The summed E-state index contributed by atoms with van der Waals surface area (Å²) in [5, 5.41) is -1.17. The SMILES string of the molecule is Cc1nc(S(=O)(=O)N2CCC(c3ccccc3F)S(=O)(=O)CC2)cn1C. The van der Waals surface area contributed by atoms with Crippen molar-refractivity contribution in [2.45, 2.75) is 23.6 Å². The molecule has 0 aliphatic carbocycles. The zero-order chi connectivity index (χ0) is 19.1. The Balaban J connectivity index is 1.93. The normalized spacial score (nSPS) is 21.4. The van der Waals surface area contributed by atoms with Gasteiger partial charge in [0.05, 0.1) is 11.0 Å². The first-order valence-electron chi connectivity index (χ1n) is 8.09. The molecule has 3 rings (SSSR count). The molecular formula is C16H20FN3O4S2. The largest absolute Gasteiger partial charge is 0.337 e. The maximum atomic E-state index is 14.1. The van der Waals surface area contributed by atoms with E-state index in [1.54, 1.807) is 24.6 Å². The summed E-state index contributed by atoms with van der Waals surface area (Å²) in [5.41, 5.74) is 0.0837. The molecule has 1 unspecified atom stereocenters. The fraction of sp³-hybridized carbons (Fsp3) is 0.438. The van der Waals surface area contributed by atoms with E-state index in [9.17, 15) is 21.2 Å². The maximum absolute atomic E-state index is 14.1. The molecule has 0 spiro atoms. The number of nitrogens with zero attached hydrogens (tertiary/aromatic N) is 3. The molecule has 2 heterocycles. The molecule has 1 saturated heterocycles. The molecule has 1 atom stereocenters. The Morgan fingerprint density at radius 1 is 1.23 bits per heavy atom. The van der Waals surface area contributed by atoms with Crippen molar-refractivity contribution in [1.29, 1.82) is 0 Å². The number of sulfonamides is 1. The van der Waals surface area contributed by atoms with Crippen LogP contribution in [0.25, 0.3) is 0 Å². The van der Waals surface area contributed by atoms with Crippen LogP contribution in [0.15, 0.2) is 35.5 Å². The molecule has 142 valence electrons. The second-order valence-corrected chi connectivity index (χ2v) is 10.5. The second kappa shape index (κ2) is 6.75. The van der Waals surface area contributed by atoms with Crippen molar-refractivity contribution >= 4 is 19.9 Å². The van der Waals surface area contributed by atoms with Crippen LogP contribution in [0.3, 0.4) is 0 Å². The summed E-state index contributed by atoms with van der Waals surface area (Å²) in [6.07, 6.45) is 1.40. The van der Waals surface area contributed by atoms with Crippen LogP contribution in [-0.4, -0.2) is 49.5 Å². The summed E-state index contributed by atoms with van der Waals surface area (Å²) in [5.74, 6) is -0.426. The monoisotopic (exact) mass is 401 g/mol. The van der Waals surface area contributed by atoms with Crippen LogP contribution in [0.2, 0.25) is 0 Å². The predicted octanol–water partition coefficient (Wildman–Crippen LogP) is 1.42. The lowest BCUT2D eigenvalue weighted by atomic mass is 10.1. The fourth-order valence-corrected chi connectivity index (χ4v) is 6.43. The number of benzene rings is 1. The zero-order valence-corrected chi connectivity index (χ0v) is 16.1. The van der Waals surface area contributed by atoms with E-state index in [0.717, 1.165) is 4.31 Å². The molecule has 0 N–H and O–H groups in total. The van der Waals surface area contributed by atoms with Gasteiger partial charge < -0.3 is 4.57 Å². The molecule has 26 heavy (non-hydrogen) atoms. The summed E-state index contributed by atoms with van der Waals surface area (Å²) >= 11 is 0. The van der Waals surface area contributed by atoms with Gasteiger partial charge in [-0.1, -0.05) is 18.2 Å². The van der Waals surface area contributed by atoms with Gasteiger partial charge >= 0.3 is 0 Å². The maximum Gasteiger partial charge on any atom is 0.262 e. The number of aryl methyl sites for hydroxylation is 2. The molecule has 7 nitrogen and oxygen atoms in total. The number of rotatable bonds is 3. The molecule has 0 bridgehead atoms. The Bertz CT molecular complexity index is 1010. The predicted molar refractivity (Wildman–Crippen MR) is 94.2 cm³/mol. The molecule has 1 aromatic heterocycles. The highest BCUT2D eigenvalue weighted by atomic mass is 32.2. The zero-order valence-electron chi connectivity index (χ0n) is 14.5. The molecule has 0 radical (unpaired) electrons. The van der Waals surface area contributed by atoms with Crippen molar-refractivity contribution < 1.29 is 21.2 Å². The third-order valence-corrected chi connectivity index (χ3v) is 8.52. The second-order valence-electron chi connectivity index (χ2n) is 6.31. The third kappa shape index (κ3) is 3.40. The Labute approximate surface area is 152 Å². The van der Waals surface area contributed by atoms with Gasteiger partial charge in [0, 0.05) is 31.9 Å². The van der Waals surface area contributed by atoms with Gasteiger partial charge in [-0.3, -0.25) is 0 Å². The number of hydrogen-bond donors (Lipinski definition) is 0. The van der Waals surface area contributed by atoms with Gasteiger partial charge in [-0.2, -0.15) is 4.31 Å². The topological polar surface area (TPSA) is 89.3 Å². The molecule has 0 amide bonds. The number of aromatic nitrogens is 2. The van der Waals surface area contributed by atoms with Crippen LogP contribution >= 0.6 is 0 Å². The lowest BCUT2D eigenvalue weighted by molar-refractivity contribution is 0.425. The Morgan fingerprint density at radius 2 is 1.92 bits per heavy atom. The van der Waals surface area contributed by atoms with Crippen LogP contribution in [0.1, 0.15) is 23.1 Å². The van der Waals surface area contributed by atoms with Gasteiger partial charge in [0.25, 0.3) is 10.0 Å². The lowest BCUT2D eigenvalue weighted by Crippen LogP contribution is -2.33. The Hall–Kier alpha value is -1.78. The van der Waals surface area contributed by atoms with Crippen LogP contribution in [-0.2, 0) is 26.9 Å². The minimum absolute atomic E-state index is 0.00564. The summed E-state index contributed by atoms with van der Waals surface area (Å²) in [7, 11) is -5.91. The van der Waals surface area contributed by atoms with Crippen molar-refractivity contribution in [3.63, 3.8) is 0 Å². The molecule has 10 heteroatoms. The highest BCUT2D eigenvalue weighted by Gasteiger charge is 2.37. The summed E-state index contributed by atoms with van der Waals surface area (Å²) in [6, 6.07) is 5.71. The standard InChI is InChI=1S/C16H20FN3O4S2/c1-12-18-16(11-19(12)2)26(23,24)20-8-7-15(25(21,22)10-9-20)13-5-3-4-6-14(13)17/h3-6,11,15H,7-10H2,1-2H3. The number of hydrogen-bond acceptors (Lipinski definition) is 5. The third-order valence-electron chi connectivity index (χ3n) is 4.64. The Kier molecular flexibility index (Phi) is 4.93. The number of sulfone groups is 1. The number of imidazole rings is 1. The average molecular weight is 401 g/mol. The van der Waals surface area contributed by atoms with Gasteiger partial charge in [0.2, 0.25) is 0 Å². The van der Waals surface area contributed by atoms with E-state index >= 15 is 0 Å². The van der Waals surface area contributed by atoms with Crippen LogP contribution in [0.5, 0.6) is 0 Å². The summed E-state index contributed by atoms with van der Waals surface area (Å²) in [6.45, 7) is 1.49. The smallest absolute Gasteiger partial charge is 0.262 e. The van der Waals surface area contributed by atoms with Crippen molar-refractivity contribution in [1.82, 2.24) is 13.9 Å². The van der Waals surface area contributed by atoms with Gasteiger partial charge in [-0.15, -0.1) is 0 Å². The minimum atomic E-state index is -3.91. The Morgan fingerprint density at radius 3 is 2.54 bits per heavy atom. The van der Waals surface area contributed by atoms with E-state index in [1.165, 1.54) is 24.4 Å². The number of halogens is 1. The molecular weight excluding hydrogens is 381 g/mol. The quantitative estimate of drug-likeness (QED) is 0.776. The lowest BCUT2D eigenvalue weighted by Gasteiger charge is -2.18. The summed E-state index contributed by atoms with van der Waals surface area (Å²) in [4.78, 5) is 4.04. The average Bonchev–Trinajstić information content (AvgIpc) is 2.82. The first kappa shape index (κ1) is 19.0. The molecule has 2 aromatic rings. The molecule has 1 fully saturated rings. The van der Waals surface area contributed by atoms with Crippen LogP contribution in [0.4, 0.5) is 4.39 Å². The molecule has 1 aliphatic rings. The van der Waals surface area contributed by atoms with Gasteiger partial charge in [-0.05, 0) is 19.4 Å². The van der Waals surface area contributed by atoms with Crippen molar-refractivity contribution in [2.24, 2.45) is 7.05 Å². The van der Waals surface area contributed by atoms with Gasteiger partial charge in [0.15, 0.2) is 14.9 Å². The van der Waals surface area contributed by atoms with Crippen LogP contribution < -0.4 is 0 Å². The first-order valence-corrected chi connectivity index (χ1v) is 11.2. The van der Waals surface area contributed by atoms with E-state index in [4.69, 9.17) is 0 Å². The van der Waals surface area contributed by atoms with E-state index in [2.05, 4.69) is 4.98 Å². The fourth-order valence-electron chi connectivity index (χ4n) is 3.03. The molecule has 0 saturated carbocycles.